The molecule has 3 amide bonds. The minimum Gasteiger partial charge on any atom is -0.468 e. The highest BCUT2D eigenvalue weighted by Crippen LogP contribution is 2.42. The van der Waals surface area contributed by atoms with Crippen LogP contribution in [0.1, 0.15) is 34.9 Å². The number of hydrogen-bond acceptors (Lipinski definition) is 4. The Morgan fingerprint density at radius 2 is 1.48 bits per heavy atom. The summed E-state index contributed by atoms with van der Waals surface area (Å²) in [6, 6.07) is 1.90. The molecule has 3 aliphatic rings. The molecule has 0 aromatic carbocycles. The van der Waals surface area contributed by atoms with Gasteiger partial charge in [-0.2, -0.15) is 0 Å². The van der Waals surface area contributed by atoms with Gasteiger partial charge in [-0.15, -0.1) is 0 Å². The molecule has 4 rings (SSSR count). The van der Waals surface area contributed by atoms with Crippen molar-refractivity contribution in [2.45, 2.75) is 18.8 Å². The molecule has 1 aromatic rings. The SMILES string of the molecule is CN1CCN(C(=O)N2CCN(C(=O)c3ccoc3C3CC3)CC2)CC1. The summed E-state index contributed by atoms with van der Waals surface area (Å²) < 4.78 is 5.53. The number of hydrogen-bond donors (Lipinski definition) is 0. The lowest BCUT2D eigenvalue weighted by atomic mass is 10.1. The van der Waals surface area contributed by atoms with Crippen LogP contribution in [0.2, 0.25) is 0 Å². The Morgan fingerprint density at radius 1 is 0.920 bits per heavy atom. The largest absolute Gasteiger partial charge is 0.468 e. The predicted molar refractivity (Wildman–Crippen MR) is 92.6 cm³/mol. The van der Waals surface area contributed by atoms with Gasteiger partial charge in [0.1, 0.15) is 5.76 Å². The van der Waals surface area contributed by atoms with E-state index < -0.39 is 0 Å². The molecular weight excluding hydrogens is 320 g/mol. The van der Waals surface area contributed by atoms with Crippen molar-refractivity contribution in [2.24, 2.45) is 0 Å². The zero-order valence-electron chi connectivity index (χ0n) is 14.8. The Kier molecular flexibility index (Phi) is 4.41. The van der Waals surface area contributed by atoms with E-state index in [2.05, 4.69) is 11.9 Å². The first kappa shape index (κ1) is 16.4. The summed E-state index contributed by atoms with van der Waals surface area (Å²) in [5.41, 5.74) is 0.710. The van der Waals surface area contributed by atoms with Crippen LogP contribution in [-0.2, 0) is 0 Å². The van der Waals surface area contributed by atoms with Crippen LogP contribution in [0.15, 0.2) is 16.7 Å². The summed E-state index contributed by atoms with van der Waals surface area (Å²) in [6.07, 6.45) is 3.84. The van der Waals surface area contributed by atoms with Gasteiger partial charge in [-0.05, 0) is 26.0 Å². The van der Waals surface area contributed by atoms with Crippen molar-refractivity contribution >= 4 is 11.9 Å². The molecule has 0 spiro atoms. The average molecular weight is 346 g/mol. The molecule has 0 radical (unpaired) electrons. The molecule has 2 saturated heterocycles. The number of carbonyl (C=O) groups excluding carboxylic acids is 2. The highest BCUT2D eigenvalue weighted by atomic mass is 16.3. The van der Waals surface area contributed by atoms with E-state index in [1.807, 2.05) is 14.7 Å². The van der Waals surface area contributed by atoms with Crippen LogP contribution >= 0.6 is 0 Å². The molecular formula is C18H26N4O3. The maximum Gasteiger partial charge on any atom is 0.320 e. The third-order valence-corrected chi connectivity index (χ3v) is 5.48. The van der Waals surface area contributed by atoms with Crippen molar-refractivity contribution in [1.82, 2.24) is 19.6 Å². The van der Waals surface area contributed by atoms with E-state index in [1.54, 1.807) is 12.3 Å². The Labute approximate surface area is 148 Å². The van der Waals surface area contributed by atoms with Crippen molar-refractivity contribution in [3.63, 3.8) is 0 Å². The van der Waals surface area contributed by atoms with Gasteiger partial charge >= 0.3 is 6.03 Å². The number of likely N-dealkylation sites (N-methyl/N-ethyl adjacent to an activating group) is 1. The zero-order valence-corrected chi connectivity index (χ0v) is 14.8. The number of furan rings is 1. The maximum atomic E-state index is 12.8. The quantitative estimate of drug-likeness (QED) is 0.809. The van der Waals surface area contributed by atoms with Crippen LogP contribution in [0, 0.1) is 0 Å². The molecule has 1 aromatic heterocycles. The number of carbonyl (C=O) groups is 2. The Balaban J connectivity index is 1.32. The lowest BCUT2D eigenvalue weighted by Crippen LogP contribution is -2.57. The fourth-order valence-corrected chi connectivity index (χ4v) is 3.63. The van der Waals surface area contributed by atoms with Gasteiger partial charge in [-0.3, -0.25) is 4.79 Å². The number of rotatable bonds is 2. The minimum absolute atomic E-state index is 0.0438. The average Bonchev–Trinajstić information content (AvgIpc) is 3.38. The van der Waals surface area contributed by atoms with Crippen molar-refractivity contribution in [3.05, 3.63) is 23.7 Å². The third kappa shape index (κ3) is 3.38. The molecule has 0 bridgehead atoms. The van der Waals surface area contributed by atoms with E-state index in [1.165, 1.54) is 0 Å². The second kappa shape index (κ2) is 6.71. The maximum absolute atomic E-state index is 12.8. The Hall–Kier alpha value is -2.02. The van der Waals surface area contributed by atoms with Crippen LogP contribution < -0.4 is 0 Å². The molecule has 0 N–H and O–H groups in total. The van der Waals surface area contributed by atoms with Gasteiger partial charge in [-0.1, -0.05) is 0 Å². The summed E-state index contributed by atoms with van der Waals surface area (Å²) >= 11 is 0. The van der Waals surface area contributed by atoms with E-state index in [0.717, 1.165) is 44.8 Å². The number of nitrogens with zero attached hydrogens (tertiary/aromatic N) is 4. The van der Waals surface area contributed by atoms with E-state index in [4.69, 9.17) is 4.42 Å². The van der Waals surface area contributed by atoms with Crippen LogP contribution in [0.3, 0.4) is 0 Å². The molecule has 1 aliphatic carbocycles. The fraction of sp³-hybridized carbons (Fsp3) is 0.667. The lowest BCUT2D eigenvalue weighted by Gasteiger charge is -2.40. The number of urea groups is 1. The van der Waals surface area contributed by atoms with E-state index >= 15 is 0 Å². The highest BCUT2D eigenvalue weighted by molar-refractivity contribution is 5.95. The van der Waals surface area contributed by atoms with Gasteiger partial charge in [0.2, 0.25) is 0 Å². The van der Waals surface area contributed by atoms with Crippen LogP contribution in [0.5, 0.6) is 0 Å². The summed E-state index contributed by atoms with van der Waals surface area (Å²) in [6.45, 7) is 5.81. The van der Waals surface area contributed by atoms with Crippen molar-refractivity contribution in [3.8, 4) is 0 Å². The molecule has 2 aliphatic heterocycles. The highest BCUT2D eigenvalue weighted by Gasteiger charge is 2.34. The minimum atomic E-state index is 0.0438. The molecule has 0 atom stereocenters. The summed E-state index contributed by atoms with van der Waals surface area (Å²) in [5, 5.41) is 0. The Bertz CT molecular complexity index is 639. The summed E-state index contributed by atoms with van der Waals surface area (Å²) in [7, 11) is 2.08. The molecule has 7 heteroatoms. The molecule has 3 heterocycles. The molecule has 1 saturated carbocycles. The van der Waals surface area contributed by atoms with Crippen molar-refractivity contribution in [2.75, 3.05) is 59.4 Å². The monoisotopic (exact) mass is 346 g/mol. The number of piperazine rings is 2. The fourth-order valence-electron chi connectivity index (χ4n) is 3.63. The smallest absolute Gasteiger partial charge is 0.320 e. The first-order valence-corrected chi connectivity index (χ1v) is 9.22. The molecule has 7 nitrogen and oxygen atoms in total. The number of amides is 3. The summed E-state index contributed by atoms with van der Waals surface area (Å²) in [4.78, 5) is 33.3. The second-order valence-corrected chi connectivity index (χ2v) is 7.32. The normalized spacial score (nSPS) is 22.4. The molecule has 136 valence electrons. The topological polar surface area (TPSA) is 60.2 Å². The van der Waals surface area contributed by atoms with Gasteiger partial charge in [0.25, 0.3) is 5.91 Å². The first-order valence-electron chi connectivity index (χ1n) is 9.22. The van der Waals surface area contributed by atoms with Gasteiger partial charge in [0.15, 0.2) is 0 Å². The van der Waals surface area contributed by atoms with Crippen LogP contribution in [0.4, 0.5) is 4.79 Å². The molecule has 0 unspecified atom stereocenters. The van der Waals surface area contributed by atoms with Gasteiger partial charge in [-0.25, -0.2) is 4.79 Å². The predicted octanol–water partition coefficient (Wildman–Crippen LogP) is 1.28. The second-order valence-electron chi connectivity index (χ2n) is 7.32. The third-order valence-electron chi connectivity index (χ3n) is 5.48. The van der Waals surface area contributed by atoms with E-state index in [9.17, 15) is 9.59 Å². The lowest BCUT2D eigenvalue weighted by molar-refractivity contribution is 0.0617. The van der Waals surface area contributed by atoms with E-state index in [0.29, 0.717) is 37.7 Å². The van der Waals surface area contributed by atoms with Crippen molar-refractivity contribution < 1.29 is 14.0 Å². The zero-order chi connectivity index (χ0) is 17.4. The van der Waals surface area contributed by atoms with E-state index in [-0.39, 0.29) is 11.9 Å². The molecule has 25 heavy (non-hydrogen) atoms. The van der Waals surface area contributed by atoms with Crippen molar-refractivity contribution in [1.29, 1.82) is 0 Å². The first-order chi connectivity index (χ1) is 12.1. The van der Waals surface area contributed by atoms with Crippen LogP contribution in [0.25, 0.3) is 0 Å². The van der Waals surface area contributed by atoms with Gasteiger partial charge in [0, 0.05) is 58.3 Å². The standard InChI is InChI=1S/C18H26N4O3/c1-19-5-7-21(8-6-19)18(24)22-11-9-20(10-12-22)17(23)15-4-13-25-16(15)14-2-3-14/h4,13-14H,2-3,5-12H2,1H3. The Morgan fingerprint density at radius 3 is 2.08 bits per heavy atom. The van der Waals surface area contributed by atoms with Gasteiger partial charge in [0.05, 0.1) is 11.8 Å². The molecule has 3 fully saturated rings. The van der Waals surface area contributed by atoms with Gasteiger partial charge < -0.3 is 24.0 Å². The van der Waals surface area contributed by atoms with Crippen LogP contribution in [-0.4, -0.2) is 90.9 Å². The summed E-state index contributed by atoms with van der Waals surface area (Å²) in [5.74, 6) is 1.32.